The number of aromatic amines is 1. The van der Waals surface area contributed by atoms with E-state index in [1.165, 1.54) is 23.6 Å². The molecule has 1 aliphatic rings. The Morgan fingerprint density at radius 3 is 2.72 bits per heavy atom. The minimum atomic E-state index is -3.53. The number of aromatic nitrogens is 1. The second-order valence-electron chi connectivity index (χ2n) is 4.64. The monoisotopic (exact) mass is 274 g/mol. The first kappa shape index (κ1) is 13.5. The summed E-state index contributed by atoms with van der Waals surface area (Å²) in [7, 11) is -2.05. The van der Waals surface area contributed by atoms with Crippen LogP contribution in [0.15, 0.2) is 23.4 Å². The highest BCUT2D eigenvalue weighted by Crippen LogP contribution is 2.24. The third-order valence-corrected chi connectivity index (χ3v) is 5.02. The molecule has 6 nitrogen and oxygen atoms in total. The number of H-pyrrole nitrogens is 1. The van der Waals surface area contributed by atoms with E-state index in [1.807, 2.05) is 0 Å². The van der Waals surface area contributed by atoms with Crippen molar-refractivity contribution in [3.8, 4) is 0 Å². The van der Waals surface area contributed by atoms with Crippen molar-refractivity contribution in [2.45, 2.75) is 23.3 Å². The maximum Gasteiger partial charge on any atom is 0.244 e. The van der Waals surface area contributed by atoms with Crippen molar-refractivity contribution in [1.29, 1.82) is 0 Å². The fraction of sp³-hybridized carbons (Fsp3) is 0.636. The smallest absolute Gasteiger partial charge is 0.244 e. The summed E-state index contributed by atoms with van der Waals surface area (Å²) in [5.74, 6) is 0. The van der Waals surface area contributed by atoms with Crippen LogP contribution in [0.1, 0.15) is 12.8 Å². The van der Waals surface area contributed by atoms with Crippen LogP contribution >= 0.6 is 0 Å². The van der Waals surface area contributed by atoms with Crippen LogP contribution in [-0.2, 0) is 14.8 Å². The van der Waals surface area contributed by atoms with E-state index in [1.54, 1.807) is 6.20 Å². The molecule has 1 saturated heterocycles. The van der Waals surface area contributed by atoms with Gasteiger partial charge >= 0.3 is 0 Å². The number of likely N-dealkylation sites (N-methyl/N-ethyl adjacent to an activating group) is 1. The minimum absolute atomic E-state index is 0.0872. The largest absolute Gasteiger partial charge is 0.388 e. The molecule has 0 spiro atoms. The maximum atomic E-state index is 12.2. The van der Waals surface area contributed by atoms with E-state index in [0.717, 1.165) is 0 Å². The number of rotatable bonds is 4. The molecule has 7 heteroatoms. The summed E-state index contributed by atoms with van der Waals surface area (Å²) < 4.78 is 30.7. The predicted molar refractivity (Wildman–Crippen MR) is 65.6 cm³/mol. The Morgan fingerprint density at radius 2 is 2.17 bits per heavy atom. The Labute approximate surface area is 107 Å². The van der Waals surface area contributed by atoms with Crippen LogP contribution < -0.4 is 0 Å². The van der Waals surface area contributed by atoms with Gasteiger partial charge in [0.25, 0.3) is 0 Å². The molecule has 0 atom stereocenters. The lowest BCUT2D eigenvalue weighted by Gasteiger charge is -2.34. The van der Waals surface area contributed by atoms with Gasteiger partial charge in [-0.3, -0.25) is 0 Å². The highest BCUT2D eigenvalue weighted by atomic mass is 32.2. The molecule has 0 saturated carbocycles. The van der Waals surface area contributed by atoms with Crippen LogP contribution in [0.4, 0.5) is 0 Å². The van der Waals surface area contributed by atoms with Gasteiger partial charge < -0.3 is 14.8 Å². The minimum Gasteiger partial charge on any atom is -0.388 e. The molecule has 2 rings (SSSR count). The van der Waals surface area contributed by atoms with Crippen molar-refractivity contribution in [2.75, 3.05) is 26.8 Å². The Morgan fingerprint density at radius 1 is 1.50 bits per heavy atom. The van der Waals surface area contributed by atoms with E-state index in [2.05, 4.69) is 4.98 Å². The van der Waals surface area contributed by atoms with Gasteiger partial charge in [-0.05, 0) is 6.07 Å². The maximum absolute atomic E-state index is 12.2. The zero-order chi connectivity index (χ0) is 13.2. The van der Waals surface area contributed by atoms with Crippen molar-refractivity contribution in [3.05, 3.63) is 18.5 Å². The Hall–Kier alpha value is -0.890. The highest BCUT2D eigenvalue weighted by Gasteiger charge is 2.34. The Balaban J connectivity index is 2.10. The number of aliphatic hydroxyl groups is 1. The standard InChI is InChI=1S/C11H18N2O4S/c1-13(9-11(14)3-6-17-7-4-11)18(15,16)10-2-5-12-8-10/h2,5,8,12,14H,3-4,6-7,9H2,1H3. The van der Waals surface area contributed by atoms with E-state index in [4.69, 9.17) is 4.74 Å². The van der Waals surface area contributed by atoms with Gasteiger partial charge in [-0.2, -0.15) is 4.31 Å². The van der Waals surface area contributed by atoms with E-state index in [9.17, 15) is 13.5 Å². The summed E-state index contributed by atoms with van der Waals surface area (Å²) in [5, 5.41) is 10.3. The predicted octanol–water partition coefficient (Wildman–Crippen LogP) is 0.177. The molecule has 1 fully saturated rings. The molecule has 1 aromatic heterocycles. The quantitative estimate of drug-likeness (QED) is 0.820. The average molecular weight is 274 g/mol. The lowest BCUT2D eigenvalue weighted by atomic mass is 9.95. The van der Waals surface area contributed by atoms with Crippen LogP contribution in [0.2, 0.25) is 0 Å². The number of nitrogens with one attached hydrogen (secondary N) is 1. The molecule has 0 radical (unpaired) electrons. The van der Waals surface area contributed by atoms with Crippen LogP contribution in [-0.4, -0.2) is 55.2 Å². The number of hydrogen-bond donors (Lipinski definition) is 2. The fourth-order valence-corrected chi connectivity index (χ4v) is 3.29. The SMILES string of the molecule is CN(CC1(O)CCOCC1)S(=O)(=O)c1cc[nH]c1. The van der Waals surface area contributed by atoms with Crippen molar-refractivity contribution < 1.29 is 18.3 Å². The number of hydrogen-bond acceptors (Lipinski definition) is 4. The molecule has 0 bridgehead atoms. The van der Waals surface area contributed by atoms with Crippen LogP contribution in [0.25, 0.3) is 0 Å². The van der Waals surface area contributed by atoms with Crippen LogP contribution in [0, 0.1) is 0 Å². The molecule has 0 aliphatic carbocycles. The Kier molecular flexibility index (Phi) is 3.76. The van der Waals surface area contributed by atoms with Gasteiger partial charge in [0.15, 0.2) is 0 Å². The highest BCUT2D eigenvalue weighted by molar-refractivity contribution is 7.89. The molecule has 0 aromatic carbocycles. The molecular weight excluding hydrogens is 256 g/mol. The van der Waals surface area contributed by atoms with E-state index >= 15 is 0 Å². The molecule has 2 N–H and O–H groups in total. The van der Waals surface area contributed by atoms with Gasteiger partial charge in [0.05, 0.1) is 10.5 Å². The molecule has 102 valence electrons. The summed E-state index contributed by atoms with van der Waals surface area (Å²) in [5.41, 5.74) is -0.990. The number of nitrogens with zero attached hydrogens (tertiary/aromatic N) is 1. The zero-order valence-corrected chi connectivity index (χ0v) is 11.1. The lowest BCUT2D eigenvalue weighted by molar-refractivity contribution is -0.0689. The lowest BCUT2D eigenvalue weighted by Crippen LogP contribution is -2.47. The third-order valence-electron chi connectivity index (χ3n) is 3.22. The van der Waals surface area contributed by atoms with Crippen LogP contribution in [0.3, 0.4) is 0 Å². The van der Waals surface area contributed by atoms with Crippen molar-refractivity contribution >= 4 is 10.0 Å². The van der Waals surface area contributed by atoms with Gasteiger partial charge in [-0.15, -0.1) is 0 Å². The summed E-state index contributed by atoms with van der Waals surface area (Å²) in [6.45, 7) is 1.02. The topological polar surface area (TPSA) is 82.6 Å². The Bertz CT molecular complexity index is 477. The summed E-state index contributed by atoms with van der Waals surface area (Å²) >= 11 is 0. The molecule has 2 heterocycles. The normalized spacial score (nSPS) is 20.2. The van der Waals surface area contributed by atoms with E-state index in [0.29, 0.717) is 26.1 Å². The summed E-state index contributed by atoms with van der Waals surface area (Å²) in [4.78, 5) is 2.92. The van der Waals surface area contributed by atoms with Crippen molar-refractivity contribution in [3.63, 3.8) is 0 Å². The number of ether oxygens (including phenoxy) is 1. The molecule has 1 aliphatic heterocycles. The first-order valence-electron chi connectivity index (χ1n) is 5.83. The van der Waals surface area contributed by atoms with Gasteiger partial charge in [0, 0.05) is 52.0 Å². The average Bonchev–Trinajstić information content (AvgIpc) is 2.83. The zero-order valence-electron chi connectivity index (χ0n) is 10.3. The van der Waals surface area contributed by atoms with Gasteiger partial charge in [-0.25, -0.2) is 8.42 Å². The third kappa shape index (κ3) is 2.74. The first-order chi connectivity index (χ1) is 8.44. The molecule has 18 heavy (non-hydrogen) atoms. The first-order valence-corrected chi connectivity index (χ1v) is 7.27. The van der Waals surface area contributed by atoms with Gasteiger partial charge in [-0.1, -0.05) is 0 Å². The van der Waals surface area contributed by atoms with Gasteiger partial charge in [0.1, 0.15) is 0 Å². The molecular formula is C11H18N2O4S. The molecule has 0 amide bonds. The van der Waals surface area contributed by atoms with Crippen LogP contribution in [0.5, 0.6) is 0 Å². The van der Waals surface area contributed by atoms with E-state index in [-0.39, 0.29) is 11.4 Å². The van der Waals surface area contributed by atoms with Gasteiger partial charge in [0.2, 0.25) is 10.0 Å². The van der Waals surface area contributed by atoms with Crippen molar-refractivity contribution in [2.24, 2.45) is 0 Å². The molecule has 0 unspecified atom stereocenters. The summed E-state index contributed by atoms with van der Waals surface area (Å²) in [6, 6.07) is 1.50. The summed E-state index contributed by atoms with van der Waals surface area (Å²) in [6.07, 6.45) is 3.91. The fourth-order valence-electron chi connectivity index (χ4n) is 2.06. The van der Waals surface area contributed by atoms with E-state index < -0.39 is 15.6 Å². The number of sulfonamides is 1. The second kappa shape index (κ2) is 5.00. The molecule has 1 aromatic rings. The second-order valence-corrected chi connectivity index (χ2v) is 6.69. The van der Waals surface area contributed by atoms with Crippen molar-refractivity contribution in [1.82, 2.24) is 9.29 Å².